The molecule has 2 aromatic heterocycles. The highest BCUT2D eigenvalue weighted by molar-refractivity contribution is 6.28. The van der Waals surface area contributed by atoms with E-state index >= 15 is 0 Å². The Balaban J connectivity index is 1.75. The van der Waals surface area contributed by atoms with Crippen molar-refractivity contribution in [1.29, 1.82) is 0 Å². The van der Waals surface area contributed by atoms with Crippen LogP contribution in [0.3, 0.4) is 0 Å². The molecule has 0 bridgehead atoms. The first-order chi connectivity index (χ1) is 16.7. The van der Waals surface area contributed by atoms with Crippen molar-refractivity contribution in [2.75, 3.05) is 6.61 Å². The second-order valence-electron chi connectivity index (χ2n) is 7.94. The zero-order chi connectivity index (χ0) is 25.1. The number of rotatable bonds is 7. The van der Waals surface area contributed by atoms with Crippen molar-refractivity contribution in [2.24, 2.45) is 0 Å². The summed E-state index contributed by atoms with van der Waals surface area (Å²) < 4.78 is 23.6. The minimum Gasteiger partial charge on any atom is -0.463 e. The van der Waals surface area contributed by atoms with E-state index in [4.69, 9.17) is 30.5 Å². The standard InChI is InChI=1S/C23H23ClN4O7/c1-12(29)32-10-17-19(33-13(2)30)20(34-14(3)31)22(35-17)28-11-25-18-16(26-23(24)27-21(18)28)9-15-7-5-4-6-8-15/h4-8,11,17,19-20,22H,9-10H2,1-3H3/t17-,19-,20-,22-/m1/s1. The molecule has 0 amide bonds. The number of halogens is 1. The number of imidazole rings is 1. The molecule has 12 heteroatoms. The van der Waals surface area contributed by atoms with E-state index in [0.717, 1.165) is 5.56 Å². The van der Waals surface area contributed by atoms with Crippen LogP contribution >= 0.6 is 11.6 Å². The number of hydrogen-bond acceptors (Lipinski definition) is 10. The number of carbonyl (C=O) groups is 3. The molecule has 11 nitrogen and oxygen atoms in total. The van der Waals surface area contributed by atoms with Crippen LogP contribution in [0.5, 0.6) is 0 Å². The van der Waals surface area contributed by atoms with Crippen LogP contribution in [-0.2, 0) is 39.8 Å². The molecule has 3 heterocycles. The quantitative estimate of drug-likeness (QED) is 0.269. The maximum absolute atomic E-state index is 11.9. The molecule has 0 unspecified atom stereocenters. The van der Waals surface area contributed by atoms with Gasteiger partial charge in [-0.15, -0.1) is 0 Å². The van der Waals surface area contributed by atoms with Crippen LogP contribution in [0, 0.1) is 0 Å². The largest absolute Gasteiger partial charge is 0.463 e. The van der Waals surface area contributed by atoms with Gasteiger partial charge in [0, 0.05) is 27.2 Å². The van der Waals surface area contributed by atoms with Crippen LogP contribution in [0.25, 0.3) is 11.2 Å². The van der Waals surface area contributed by atoms with E-state index in [0.29, 0.717) is 23.3 Å². The summed E-state index contributed by atoms with van der Waals surface area (Å²) >= 11 is 6.24. The number of ether oxygens (including phenoxy) is 4. The first-order valence-electron chi connectivity index (χ1n) is 10.8. The van der Waals surface area contributed by atoms with E-state index in [1.54, 1.807) is 0 Å². The van der Waals surface area contributed by atoms with Gasteiger partial charge in [-0.2, -0.15) is 4.98 Å². The van der Waals surface area contributed by atoms with Gasteiger partial charge < -0.3 is 18.9 Å². The topological polar surface area (TPSA) is 132 Å². The maximum atomic E-state index is 11.9. The molecule has 1 aromatic carbocycles. The molecule has 0 radical (unpaired) electrons. The molecule has 0 N–H and O–H groups in total. The molecule has 4 atom stereocenters. The lowest BCUT2D eigenvalue weighted by Gasteiger charge is -2.23. The zero-order valence-electron chi connectivity index (χ0n) is 19.2. The third-order valence-electron chi connectivity index (χ3n) is 5.30. The van der Waals surface area contributed by atoms with Crippen LogP contribution in [0.2, 0.25) is 5.28 Å². The molecule has 0 saturated carbocycles. The van der Waals surface area contributed by atoms with Crippen molar-refractivity contribution in [2.45, 2.75) is 51.7 Å². The van der Waals surface area contributed by atoms with Gasteiger partial charge in [0.1, 0.15) is 18.2 Å². The molecule has 0 aliphatic carbocycles. The minimum atomic E-state index is -1.07. The number of carbonyl (C=O) groups excluding carboxylic acids is 3. The molecular weight excluding hydrogens is 480 g/mol. The van der Waals surface area contributed by atoms with Gasteiger partial charge in [-0.05, 0) is 17.2 Å². The fraction of sp³-hybridized carbons (Fsp3) is 0.391. The normalized spacial score (nSPS) is 21.6. The molecule has 1 aliphatic heterocycles. The average Bonchev–Trinajstić information content (AvgIpc) is 3.34. The van der Waals surface area contributed by atoms with Crippen LogP contribution in [-0.4, -0.2) is 62.3 Å². The predicted molar refractivity (Wildman–Crippen MR) is 121 cm³/mol. The molecule has 4 rings (SSSR count). The van der Waals surface area contributed by atoms with Crippen molar-refractivity contribution in [1.82, 2.24) is 19.5 Å². The van der Waals surface area contributed by atoms with Crippen LogP contribution in [0.4, 0.5) is 0 Å². The monoisotopic (exact) mass is 502 g/mol. The Hall–Kier alpha value is -3.57. The first-order valence-corrected chi connectivity index (χ1v) is 11.2. The van der Waals surface area contributed by atoms with E-state index < -0.39 is 42.4 Å². The summed E-state index contributed by atoms with van der Waals surface area (Å²) in [6.07, 6.45) is -2.09. The van der Waals surface area contributed by atoms with Gasteiger partial charge in [-0.1, -0.05) is 30.3 Å². The Bertz CT molecular complexity index is 1250. The molecule has 0 spiro atoms. The SMILES string of the molecule is CC(=O)OC[C@H]1O[C@@H](n2cnc3c(Cc4ccccc4)nc(Cl)nc32)[C@H](OC(C)=O)[C@@H]1OC(C)=O. The summed E-state index contributed by atoms with van der Waals surface area (Å²) in [5.41, 5.74) is 2.42. The number of benzene rings is 1. The fourth-order valence-corrected chi connectivity index (χ4v) is 4.14. The van der Waals surface area contributed by atoms with Crippen molar-refractivity contribution < 1.29 is 33.3 Å². The van der Waals surface area contributed by atoms with Gasteiger partial charge >= 0.3 is 17.9 Å². The van der Waals surface area contributed by atoms with Gasteiger partial charge in [-0.3, -0.25) is 19.0 Å². The van der Waals surface area contributed by atoms with Crippen molar-refractivity contribution in [3.8, 4) is 0 Å². The third-order valence-corrected chi connectivity index (χ3v) is 5.46. The van der Waals surface area contributed by atoms with Crippen LogP contribution in [0.15, 0.2) is 36.7 Å². The predicted octanol–water partition coefficient (Wildman–Crippen LogP) is 2.39. The number of esters is 3. The molecule has 35 heavy (non-hydrogen) atoms. The van der Waals surface area contributed by atoms with E-state index in [1.807, 2.05) is 30.3 Å². The number of hydrogen-bond donors (Lipinski definition) is 0. The average molecular weight is 503 g/mol. The lowest BCUT2D eigenvalue weighted by atomic mass is 10.1. The molecule has 3 aromatic rings. The van der Waals surface area contributed by atoms with E-state index in [1.165, 1.54) is 31.7 Å². The summed E-state index contributed by atoms with van der Waals surface area (Å²) in [7, 11) is 0. The highest BCUT2D eigenvalue weighted by Crippen LogP contribution is 2.36. The van der Waals surface area contributed by atoms with Gasteiger partial charge in [0.15, 0.2) is 24.1 Å². The molecule has 1 fully saturated rings. The molecule has 184 valence electrons. The number of fused-ring (bicyclic) bond motifs is 1. The highest BCUT2D eigenvalue weighted by atomic mass is 35.5. The minimum absolute atomic E-state index is 0.000198. The van der Waals surface area contributed by atoms with E-state index in [2.05, 4.69) is 15.0 Å². The lowest BCUT2D eigenvalue weighted by molar-refractivity contribution is -0.166. The van der Waals surface area contributed by atoms with Crippen molar-refractivity contribution >= 4 is 40.7 Å². The lowest BCUT2D eigenvalue weighted by Crippen LogP contribution is -2.40. The second kappa shape index (κ2) is 10.4. The number of nitrogens with zero attached hydrogens (tertiary/aromatic N) is 4. The van der Waals surface area contributed by atoms with Crippen LogP contribution in [0.1, 0.15) is 38.3 Å². The summed E-state index contributed by atoms with van der Waals surface area (Å²) in [5, 5.41) is 0.000198. The van der Waals surface area contributed by atoms with E-state index in [-0.39, 0.29) is 11.9 Å². The molecule has 1 aliphatic rings. The smallest absolute Gasteiger partial charge is 0.303 e. The van der Waals surface area contributed by atoms with Gasteiger partial charge in [0.2, 0.25) is 5.28 Å². The Labute approximate surface area is 205 Å². The Morgan fingerprint density at radius 1 is 1.00 bits per heavy atom. The van der Waals surface area contributed by atoms with Gasteiger partial charge in [-0.25, -0.2) is 9.97 Å². The Morgan fingerprint density at radius 3 is 2.34 bits per heavy atom. The Kier molecular flexibility index (Phi) is 7.27. The molecular formula is C23H23ClN4O7. The van der Waals surface area contributed by atoms with Crippen molar-refractivity contribution in [3.63, 3.8) is 0 Å². The first kappa shape index (κ1) is 24.6. The zero-order valence-corrected chi connectivity index (χ0v) is 20.0. The highest BCUT2D eigenvalue weighted by Gasteiger charge is 2.51. The van der Waals surface area contributed by atoms with E-state index in [9.17, 15) is 14.4 Å². The van der Waals surface area contributed by atoms with Gasteiger partial charge in [0.05, 0.1) is 12.0 Å². The van der Waals surface area contributed by atoms with Crippen LogP contribution < -0.4 is 0 Å². The summed E-state index contributed by atoms with van der Waals surface area (Å²) in [4.78, 5) is 48.2. The second-order valence-corrected chi connectivity index (χ2v) is 8.28. The third kappa shape index (κ3) is 5.57. The fourth-order valence-electron chi connectivity index (χ4n) is 3.96. The summed E-state index contributed by atoms with van der Waals surface area (Å²) in [5.74, 6) is -1.77. The summed E-state index contributed by atoms with van der Waals surface area (Å²) in [6, 6.07) is 9.67. The van der Waals surface area contributed by atoms with Gasteiger partial charge in [0.25, 0.3) is 0 Å². The Morgan fingerprint density at radius 2 is 1.69 bits per heavy atom. The number of aromatic nitrogens is 4. The summed E-state index contributed by atoms with van der Waals surface area (Å²) in [6.45, 7) is 3.47. The molecule has 1 saturated heterocycles. The maximum Gasteiger partial charge on any atom is 0.303 e. The van der Waals surface area contributed by atoms with Crippen molar-refractivity contribution in [3.05, 3.63) is 53.2 Å².